The van der Waals surface area contributed by atoms with Crippen LogP contribution in [0, 0.1) is 5.92 Å². The molecule has 2 unspecified atom stereocenters. The normalized spacial score (nSPS) is 24.4. The molecule has 0 saturated heterocycles. The van der Waals surface area contributed by atoms with Crippen LogP contribution in [0.1, 0.15) is 26.2 Å². The highest BCUT2D eigenvalue weighted by Gasteiger charge is 2.24. The molecule has 1 aromatic heterocycles. The van der Waals surface area contributed by atoms with Crippen LogP contribution in [0.4, 0.5) is 5.82 Å². The zero-order valence-electron chi connectivity index (χ0n) is 9.62. The van der Waals surface area contributed by atoms with Gasteiger partial charge in [0.05, 0.1) is 13.4 Å². The van der Waals surface area contributed by atoms with Crippen LogP contribution in [0.25, 0.3) is 0 Å². The molecule has 0 aliphatic heterocycles. The molecule has 0 bridgehead atoms. The van der Waals surface area contributed by atoms with E-state index >= 15 is 0 Å². The smallest absolute Gasteiger partial charge is 0.295 e. The van der Waals surface area contributed by atoms with Crippen molar-refractivity contribution in [2.75, 3.05) is 12.4 Å². The summed E-state index contributed by atoms with van der Waals surface area (Å²) in [6.07, 6.45) is 4.97. The Morgan fingerprint density at radius 3 is 3.00 bits per heavy atom. The maximum atomic E-state index is 11.5. The predicted octanol–water partition coefficient (Wildman–Crippen LogP) is 1.38. The van der Waals surface area contributed by atoms with Gasteiger partial charge >= 0.3 is 0 Å². The van der Waals surface area contributed by atoms with Crippen molar-refractivity contribution in [2.45, 2.75) is 32.2 Å². The second-order valence-electron chi connectivity index (χ2n) is 4.27. The molecule has 0 spiro atoms. The Labute approximate surface area is 94.2 Å². The number of hydrogen-bond donors (Lipinski definition) is 2. The van der Waals surface area contributed by atoms with Gasteiger partial charge in [0.15, 0.2) is 5.82 Å². The number of methoxy groups -OCH3 is 1. The number of nitrogens with one attached hydrogen (secondary N) is 2. The van der Waals surface area contributed by atoms with Crippen molar-refractivity contribution in [3.8, 4) is 5.75 Å². The number of rotatable bonds is 3. The quantitative estimate of drug-likeness (QED) is 0.812. The molecular weight excluding hydrogens is 206 g/mol. The van der Waals surface area contributed by atoms with Crippen LogP contribution in [0.3, 0.4) is 0 Å². The number of nitrogens with zero attached hydrogens (tertiary/aromatic N) is 1. The van der Waals surface area contributed by atoms with Crippen LogP contribution in [-0.4, -0.2) is 23.1 Å². The van der Waals surface area contributed by atoms with E-state index in [2.05, 4.69) is 22.2 Å². The molecule has 0 radical (unpaired) electrons. The van der Waals surface area contributed by atoms with Crippen molar-refractivity contribution in [1.82, 2.24) is 9.97 Å². The van der Waals surface area contributed by atoms with Crippen LogP contribution in [0.2, 0.25) is 0 Å². The average Bonchev–Trinajstić information content (AvgIpc) is 2.65. The van der Waals surface area contributed by atoms with Gasteiger partial charge in [-0.3, -0.25) is 4.79 Å². The highest BCUT2D eigenvalue weighted by atomic mass is 16.5. The van der Waals surface area contributed by atoms with Crippen molar-refractivity contribution in [1.29, 1.82) is 0 Å². The Kier molecular flexibility index (Phi) is 3.12. The lowest BCUT2D eigenvalue weighted by Gasteiger charge is -2.18. The van der Waals surface area contributed by atoms with Gasteiger partial charge in [0, 0.05) is 6.04 Å². The van der Waals surface area contributed by atoms with Gasteiger partial charge in [-0.1, -0.05) is 13.3 Å². The average molecular weight is 223 g/mol. The second-order valence-corrected chi connectivity index (χ2v) is 4.27. The van der Waals surface area contributed by atoms with Gasteiger partial charge in [-0.2, -0.15) is 0 Å². The Hall–Kier alpha value is -1.52. The minimum Gasteiger partial charge on any atom is -0.489 e. The predicted molar refractivity (Wildman–Crippen MR) is 61.8 cm³/mol. The second kappa shape index (κ2) is 4.55. The zero-order valence-corrected chi connectivity index (χ0v) is 9.62. The molecular formula is C11H17N3O2. The first kappa shape index (κ1) is 11.0. The molecule has 5 heteroatoms. The number of anilines is 1. The topological polar surface area (TPSA) is 67.0 Å². The molecule has 2 atom stereocenters. The molecule has 1 fully saturated rings. The lowest BCUT2D eigenvalue weighted by Crippen LogP contribution is -2.24. The number of aromatic amines is 1. The van der Waals surface area contributed by atoms with Gasteiger partial charge in [0.2, 0.25) is 5.75 Å². The van der Waals surface area contributed by atoms with Crippen molar-refractivity contribution < 1.29 is 4.74 Å². The third-order valence-corrected chi connectivity index (χ3v) is 3.20. The minimum absolute atomic E-state index is 0.245. The number of ether oxygens (including phenoxy) is 1. The monoisotopic (exact) mass is 223 g/mol. The van der Waals surface area contributed by atoms with E-state index in [1.807, 2.05) is 0 Å². The number of hydrogen-bond acceptors (Lipinski definition) is 4. The molecule has 16 heavy (non-hydrogen) atoms. The molecule has 0 aromatic carbocycles. The van der Waals surface area contributed by atoms with Crippen molar-refractivity contribution >= 4 is 5.82 Å². The van der Waals surface area contributed by atoms with Gasteiger partial charge in [-0.25, -0.2) is 4.98 Å². The lowest BCUT2D eigenvalue weighted by molar-refractivity contribution is 0.406. The van der Waals surface area contributed by atoms with Gasteiger partial charge in [-0.15, -0.1) is 0 Å². The molecule has 1 aliphatic carbocycles. The van der Waals surface area contributed by atoms with Crippen LogP contribution in [-0.2, 0) is 0 Å². The molecule has 0 amide bonds. The summed E-state index contributed by atoms with van der Waals surface area (Å²) in [5.74, 6) is 1.43. The summed E-state index contributed by atoms with van der Waals surface area (Å²) in [6.45, 7) is 2.21. The summed E-state index contributed by atoms with van der Waals surface area (Å²) >= 11 is 0. The summed E-state index contributed by atoms with van der Waals surface area (Å²) in [4.78, 5) is 18.1. The van der Waals surface area contributed by atoms with E-state index in [4.69, 9.17) is 4.74 Å². The Morgan fingerprint density at radius 1 is 1.56 bits per heavy atom. The fourth-order valence-electron chi connectivity index (χ4n) is 2.21. The highest BCUT2D eigenvalue weighted by Crippen LogP contribution is 2.28. The van der Waals surface area contributed by atoms with E-state index in [0.29, 0.717) is 17.8 Å². The molecule has 88 valence electrons. The first-order valence-electron chi connectivity index (χ1n) is 5.60. The summed E-state index contributed by atoms with van der Waals surface area (Å²) in [6, 6.07) is 0.392. The van der Waals surface area contributed by atoms with E-state index in [0.717, 1.165) is 6.42 Å². The fraction of sp³-hybridized carbons (Fsp3) is 0.636. The molecule has 1 heterocycles. The van der Waals surface area contributed by atoms with Crippen molar-refractivity contribution in [3.63, 3.8) is 0 Å². The maximum Gasteiger partial charge on any atom is 0.295 e. The fourth-order valence-corrected chi connectivity index (χ4v) is 2.21. The molecule has 1 aromatic rings. The van der Waals surface area contributed by atoms with E-state index in [1.54, 1.807) is 0 Å². The first-order chi connectivity index (χ1) is 7.72. The SMILES string of the molecule is COc1c(NC2CCCC2C)nc[nH]c1=O. The highest BCUT2D eigenvalue weighted by molar-refractivity contribution is 5.48. The third-order valence-electron chi connectivity index (χ3n) is 3.20. The molecule has 5 nitrogen and oxygen atoms in total. The minimum atomic E-state index is -0.245. The van der Waals surface area contributed by atoms with Gasteiger partial charge in [0.1, 0.15) is 0 Å². The Bertz CT molecular complexity index is 416. The maximum absolute atomic E-state index is 11.5. The Morgan fingerprint density at radius 2 is 2.38 bits per heavy atom. The molecule has 2 N–H and O–H groups in total. The number of H-pyrrole nitrogens is 1. The lowest BCUT2D eigenvalue weighted by atomic mass is 10.1. The van der Waals surface area contributed by atoms with E-state index in [-0.39, 0.29) is 11.3 Å². The van der Waals surface area contributed by atoms with Gasteiger partial charge < -0.3 is 15.0 Å². The molecule has 2 rings (SSSR count). The number of aromatic nitrogens is 2. The summed E-state index contributed by atoms with van der Waals surface area (Å²) in [5, 5.41) is 3.29. The Balaban J connectivity index is 2.20. The van der Waals surface area contributed by atoms with E-state index < -0.39 is 0 Å². The van der Waals surface area contributed by atoms with Gasteiger partial charge in [-0.05, 0) is 18.8 Å². The van der Waals surface area contributed by atoms with Crippen LogP contribution < -0.4 is 15.6 Å². The summed E-state index contributed by atoms with van der Waals surface area (Å²) in [5.41, 5.74) is -0.245. The molecule has 1 saturated carbocycles. The van der Waals surface area contributed by atoms with Crippen LogP contribution in [0.5, 0.6) is 5.75 Å². The third kappa shape index (κ3) is 2.03. The zero-order chi connectivity index (χ0) is 11.5. The van der Waals surface area contributed by atoms with Crippen LogP contribution >= 0.6 is 0 Å². The summed E-state index contributed by atoms with van der Waals surface area (Å²) in [7, 11) is 1.48. The largest absolute Gasteiger partial charge is 0.489 e. The summed E-state index contributed by atoms with van der Waals surface area (Å²) < 4.78 is 5.05. The van der Waals surface area contributed by atoms with Crippen LogP contribution in [0.15, 0.2) is 11.1 Å². The molecule has 1 aliphatic rings. The standard InChI is InChI=1S/C11H17N3O2/c1-7-4-3-5-8(7)14-10-9(16-2)11(15)13-6-12-10/h6-8H,3-5H2,1-2H3,(H2,12,13,14,15). The van der Waals surface area contributed by atoms with E-state index in [9.17, 15) is 4.79 Å². The van der Waals surface area contributed by atoms with Gasteiger partial charge in [0.25, 0.3) is 5.56 Å². The van der Waals surface area contributed by atoms with Crippen molar-refractivity contribution in [3.05, 3.63) is 16.7 Å². The van der Waals surface area contributed by atoms with E-state index in [1.165, 1.54) is 26.3 Å². The van der Waals surface area contributed by atoms with Crippen molar-refractivity contribution in [2.24, 2.45) is 5.92 Å². The first-order valence-corrected chi connectivity index (χ1v) is 5.60.